The number of allylic oxidation sites excluding steroid dienone is 1. The fourth-order valence-corrected chi connectivity index (χ4v) is 9.01. The first kappa shape index (κ1) is 30.9. The first-order valence-electron chi connectivity index (χ1n) is 15.2. The topological polar surface area (TPSA) is 113 Å². The Labute approximate surface area is 264 Å². The molecule has 6 rings (SSSR count). The number of sulfonamides is 1. The second-order valence-electron chi connectivity index (χ2n) is 13.4. The lowest BCUT2D eigenvalue weighted by molar-refractivity contribution is -0.139. The van der Waals surface area contributed by atoms with E-state index in [0.717, 1.165) is 25.7 Å². The van der Waals surface area contributed by atoms with Crippen LogP contribution in [0.15, 0.2) is 60.7 Å². The predicted octanol–water partition coefficient (Wildman–Crippen LogP) is 5.12. The number of aliphatic hydroxyl groups is 1. The molecule has 8 nitrogen and oxygen atoms in total. The van der Waals surface area contributed by atoms with Crippen LogP contribution in [0, 0.1) is 11.3 Å². The zero-order valence-corrected chi connectivity index (χ0v) is 26.7. The van der Waals surface area contributed by atoms with Gasteiger partial charge in [0.2, 0.25) is 10.0 Å². The van der Waals surface area contributed by atoms with Crippen LogP contribution in [0.3, 0.4) is 0 Å². The molecule has 1 spiro atoms. The highest BCUT2D eigenvalue weighted by atomic mass is 35.5. The van der Waals surface area contributed by atoms with Crippen LogP contribution in [-0.2, 0) is 26.7 Å². The molecule has 2 aromatic rings. The highest BCUT2D eigenvalue weighted by molar-refractivity contribution is 7.90. The highest BCUT2D eigenvalue weighted by Crippen LogP contribution is 2.54. The number of carbonyl (C=O) groups excluding carboxylic acids is 2. The lowest BCUT2D eigenvalue weighted by Crippen LogP contribution is -2.58. The van der Waals surface area contributed by atoms with Crippen molar-refractivity contribution in [3.05, 3.63) is 82.4 Å². The minimum absolute atomic E-state index is 0.129. The van der Waals surface area contributed by atoms with Gasteiger partial charge in [0.05, 0.1) is 17.5 Å². The van der Waals surface area contributed by atoms with E-state index in [1.165, 1.54) is 24.1 Å². The van der Waals surface area contributed by atoms with Crippen molar-refractivity contribution >= 4 is 39.5 Å². The third kappa shape index (κ3) is 5.26. The molecule has 10 heteroatoms. The number of amides is 1. The van der Waals surface area contributed by atoms with Crippen molar-refractivity contribution in [3.63, 3.8) is 0 Å². The molecule has 2 bridgehead atoms. The quantitative estimate of drug-likeness (QED) is 0.329. The van der Waals surface area contributed by atoms with E-state index in [1.54, 1.807) is 24.3 Å². The van der Waals surface area contributed by atoms with E-state index in [4.69, 9.17) is 16.3 Å². The number of rotatable bonds is 1. The number of hydrogen-bond donors (Lipinski definition) is 2. The number of carbonyl (C=O) groups is 2. The summed E-state index contributed by atoms with van der Waals surface area (Å²) >= 11 is 6.39. The van der Waals surface area contributed by atoms with Crippen molar-refractivity contribution in [3.8, 4) is 5.75 Å². The zero-order valence-electron chi connectivity index (χ0n) is 25.1. The van der Waals surface area contributed by atoms with Gasteiger partial charge < -0.3 is 14.7 Å². The van der Waals surface area contributed by atoms with Gasteiger partial charge >= 0.3 is 0 Å². The Morgan fingerprint density at radius 3 is 2.70 bits per heavy atom. The molecule has 4 aliphatic rings. The molecular weight excluding hydrogens is 600 g/mol. The third-order valence-corrected chi connectivity index (χ3v) is 12.5. The molecule has 2 aromatic carbocycles. The molecular formula is C34H39ClN2O6S. The first-order chi connectivity index (χ1) is 20.8. The van der Waals surface area contributed by atoms with Gasteiger partial charge in [0, 0.05) is 35.0 Å². The Hall–Kier alpha value is -3.14. The van der Waals surface area contributed by atoms with E-state index in [1.807, 2.05) is 12.1 Å². The summed E-state index contributed by atoms with van der Waals surface area (Å²) in [7, 11) is -4.11. The first-order valence-corrected chi connectivity index (χ1v) is 17.1. The molecule has 0 saturated heterocycles. The van der Waals surface area contributed by atoms with Crippen molar-refractivity contribution in [1.29, 1.82) is 0 Å². The molecule has 0 radical (unpaired) electrons. The van der Waals surface area contributed by atoms with Gasteiger partial charge in [0.15, 0.2) is 6.29 Å². The maximum Gasteiger partial charge on any atom is 0.264 e. The Morgan fingerprint density at radius 1 is 1.18 bits per heavy atom. The molecule has 2 heterocycles. The minimum atomic E-state index is -4.11. The lowest BCUT2D eigenvalue weighted by atomic mass is 9.55. The molecule has 1 fully saturated rings. The molecule has 1 amide bonds. The summed E-state index contributed by atoms with van der Waals surface area (Å²) < 4.78 is 35.1. The molecule has 2 aliphatic carbocycles. The van der Waals surface area contributed by atoms with Crippen molar-refractivity contribution in [2.24, 2.45) is 11.3 Å². The van der Waals surface area contributed by atoms with E-state index >= 15 is 0 Å². The SMILES string of the molecule is C=C1C/C=C/[C@@](O)(C=O)[C@@H]2CCC2(C)CN2C[C@@]3(CCCc4cc(Cl)ccc43)COc3ccc(cc32)C(=O)NS(=O)(=O)[C@@H]1C. The van der Waals surface area contributed by atoms with Crippen molar-refractivity contribution < 1.29 is 27.9 Å². The summed E-state index contributed by atoms with van der Waals surface area (Å²) in [6, 6.07) is 11.0. The van der Waals surface area contributed by atoms with E-state index in [-0.39, 0.29) is 23.3 Å². The van der Waals surface area contributed by atoms with Gasteiger partial charge in [-0.15, -0.1) is 0 Å². The number of fused-ring (bicyclic) bond motifs is 4. The Bertz CT molecular complexity index is 1670. The van der Waals surface area contributed by atoms with Gasteiger partial charge in [-0.1, -0.05) is 42.8 Å². The Morgan fingerprint density at radius 2 is 1.98 bits per heavy atom. The molecule has 2 aliphatic heterocycles. The average molecular weight is 639 g/mol. The summed E-state index contributed by atoms with van der Waals surface area (Å²) in [5.74, 6) is -0.497. The van der Waals surface area contributed by atoms with Crippen LogP contribution >= 0.6 is 11.6 Å². The molecule has 0 aromatic heterocycles. The van der Waals surface area contributed by atoms with Crippen LogP contribution in [0.2, 0.25) is 5.02 Å². The van der Waals surface area contributed by atoms with Crippen molar-refractivity contribution in [1.82, 2.24) is 4.72 Å². The minimum Gasteiger partial charge on any atom is -0.490 e. The van der Waals surface area contributed by atoms with Gasteiger partial charge in [-0.25, -0.2) is 13.1 Å². The number of hydrogen-bond acceptors (Lipinski definition) is 7. The number of aldehydes is 1. The van der Waals surface area contributed by atoms with E-state index in [0.29, 0.717) is 54.4 Å². The molecule has 234 valence electrons. The number of nitrogens with one attached hydrogen (secondary N) is 1. The van der Waals surface area contributed by atoms with E-state index in [9.17, 15) is 23.1 Å². The molecule has 2 N–H and O–H groups in total. The van der Waals surface area contributed by atoms with E-state index < -0.39 is 32.2 Å². The van der Waals surface area contributed by atoms with Gasteiger partial charge in [-0.3, -0.25) is 9.59 Å². The number of nitrogens with zero attached hydrogens (tertiary/aromatic N) is 1. The molecule has 44 heavy (non-hydrogen) atoms. The maximum atomic E-state index is 13.4. The van der Waals surface area contributed by atoms with Gasteiger partial charge in [-0.05, 0) is 98.4 Å². The normalized spacial score (nSPS) is 34.0. The van der Waals surface area contributed by atoms with Crippen LogP contribution in [0.1, 0.15) is 67.4 Å². The molecule has 5 atom stereocenters. The van der Waals surface area contributed by atoms with Crippen LogP contribution in [0.4, 0.5) is 5.69 Å². The fraction of sp³-hybridized carbons (Fsp3) is 0.471. The maximum absolute atomic E-state index is 13.4. The van der Waals surface area contributed by atoms with Gasteiger partial charge in [0.1, 0.15) is 11.4 Å². The number of anilines is 1. The second kappa shape index (κ2) is 11.0. The summed E-state index contributed by atoms with van der Waals surface area (Å²) in [6.45, 7) is 8.97. The largest absolute Gasteiger partial charge is 0.490 e. The van der Waals surface area contributed by atoms with Crippen molar-refractivity contribution in [2.45, 2.75) is 68.6 Å². The highest BCUT2D eigenvalue weighted by Gasteiger charge is 2.54. The summed E-state index contributed by atoms with van der Waals surface area (Å²) in [6.07, 6.45) is 8.05. The average Bonchev–Trinajstić information content (AvgIpc) is 3.12. The second-order valence-corrected chi connectivity index (χ2v) is 15.8. The van der Waals surface area contributed by atoms with Gasteiger partial charge in [0.25, 0.3) is 5.91 Å². The van der Waals surface area contributed by atoms with E-state index in [2.05, 4.69) is 29.2 Å². The van der Waals surface area contributed by atoms with Crippen LogP contribution in [0.5, 0.6) is 5.75 Å². The standard InChI is InChI=1S/C34H39ClN2O6S/c1-22-6-4-14-34(40,20-38)30-12-15-32(30,3)18-37-19-33(13-5-7-24-16-26(35)9-10-27(24)33)21-43-29-11-8-25(17-28(29)37)31(39)36-44(41,42)23(22)2/h4,8-11,14,16-17,20,23,30,40H,1,5-7,12-13,15,18-19,21H2,2-3H3,(H,36,39)/b14-4+/t23-,30-,32?,33+,34-/m1/s1. The Balaban J connectivity index is 1.49. The van der Waals surface area contributed by atoms with Gasteiger partial charge in [-0.2, -0.15) is 0 Å². The van der Waals surface area contributed by atoms with Crippen LogP contribution < -0.4 is 14.4 Å². The molecule has 1 unspecified atom stereocenters. The predicted molar refractivity (Wildman–Crippen MR) is 171 cm³/mol. The smallest absolute Gasteiger partial charge is 0.264 e. The van der Waals surface area contributed by atoms with Crippen LogP contribution in [0.25, 0.3) is 0 Å². The van der Waals surface area contributed by atoms with Crippen molar-refractivity contribution in [2.75, 3.05) is 24.6 Å². The monoisotopic (exact) mass is 638 g/mol. The number of benzene rings is 2. The zero-order chi connectivity index (χ0) is 31.5. The van der Waals surface area contributed by atoms with Crippen LogP contribution in [-0.4, -0.2) is 56.3 Å². The number of ether oxygens (including phenoxy) is 1. The molecule has 1 saturated carbocycles. The lowest BCUT2D eigenvalue weighted by Gasteiger charge is -2.54. The number of aryl methyl sites for hydroxylation is 1. The summed E-state index contributed by atoms with van der Waals surface area (Å²) in [5.41, 5.74) is 1.06. The summed E-state index contributed by atoms with van der Waals surface area (Å²) in [5, 5.41) is 11.3. The Kier molecular flexibility index (Phi) is 7.74. The fourth-order valence-electron chi connectivity index (χ4n) is 7.73. The number of halogens is 1. The summed E-state index contributed by atoms with van der Waals surface area (Å²) in [4.78, 5) is 28.0. The third-order valence-electron chi connectivity index (χ3n) is 10.5.